The van der Waals surface area contributed by atoms with Gasteiger partial charge in [-0.2, -0.15) is 0 Å². The number of hydrogen-bond donors (Lipinski definition) is 1. The van der Waals surface area contributed by atoms with Gasteiger partial charge in [0, 0.05) is 17.5 Å². The van der Waals surface area contributed by atoms with Gasteiger partial charge in [-0.15, -0.1) is 6.58 Å². The van der Waals surface area contributed by atoms with Crippen molar-refractivity contribution in [2.75, 3.05) is 14.2 Å². The van der Waals surface area contributed by atoms with Gasteiger partial charge in [0.2, 0.25) is 0 Å². The lowest BCUT2D eigenvalue weighted by Crippen LogP contribution is -2.01. The van der Waals surface area contributed by atoms with Crippen molar-refractivity contribution in [3.63, 3.8) is 0 Å². The summed E-state index contributed by atoms with van der Waals surface area (Å²) < 4.78 is 10.5. The van der Waals surface area contributed by atoms with Gasteiger partial charge in [-0.3, -0.25) is 0 Å². The van der Waals surface area contributed by atoms with Gasteiger partial charge in [0.1, 0.15) is 5.75 Å². The summed E-state index contributed by atoms with van der Waals surface area (Å²) >= 11 is 0. The van der Waals surface area contributed by atoms with E-state index in [0.717, 1.165) is 11.1 Å². The molecule has 20 heavy (non-hydrogen) atoms. The fourth-order valence-corrected chi connectivity index (χ4v) is 2.25. The van der Waals surface area contributed by atoms with E-state index in [1.54, 1.807) is 19.2 Å². The first kappa shape index (κ1) is 14.0. The van der Waals surface area contributed by atoms with Crippen molar-refractivity contribution in [1.29, 1.82) is 0 Å². The van der Waals surface area contributed by atoms with E-state index < -0.39 is 0 Å². The molecule has 0 saturated heterocycles. The SMILES string of the molecule is C=CC(c1ccccc1)c1cc(O)c(OC)cc1OC. The van der Waals surface area contributed by atoms with Gasteiger partial charge >= 0.3 is 0 Å². The molecule has 0 aliphatic heterocycles. The van der Waals surface area contributed by atoms with E-state index in [9.17, 15) is 5.11 Å². The second kappa shape index (κ2) is 6.15. The minimum Gasteiger partial charge on any atom is -0.504 e. The number of ether oxygens (including phenoxy) is 2. The molecule has 0 aliphatic rings. The van der Waals surface area contributed by atoms with Crippen LogP contribution in [0.15, 0.2) is 55.1 Å². The average molecular weight is 270 g/mol. The van der Waals surface area contributed by atoms with Crippen molar-refractivity contribution >= 4 is 0 Å². The van der Waals surface area contributed by atoms with Crippen molar-refractivity contribution in [1.82, 2.24) is 0 Å². The van der Waals surface area contributed by atoms with Gasteiger partial charge in [0.05, 0.1) is 14.2 Å². The highest BCUT2D eigenvalue weighted by Gasteiger charge is 2.18. The average Bonchev–Trinajstić information content (AvgIpc) is 2.49. The Morgan fingerprint density at radius 2 is 1.70 bits per heavy atom. The minimum absolute atomic E-state index is 0.0528. The molecule has 0 fully saturated rings. The van der Waals surface area contributed by atoms with E-state index in [1.165, 1.54) is 7.11 Å². The van der Waals surface area contributed by atoms with Crippen molar-refractivity contribution in [2.24, 2.45) is 0 Å². The third-order valence-electron chi connectivity index (χ3n) is 3.26. The van der Waals surface area contributed by atoms with Crippen LogP contribution >= 0.6 is 0 Å². The van der Waals surface area contributed by atoms with Crippen LogP contribution in [0.3, 0.4) is 0 Å². The quantitative estimate of drug-likeness (QED) is 0.841. The minimum atomic E-state index is -0.0528. The molecule has 0 radical (unpaired) electrons. The van der Waals surface area contributed by atoms with Gasteiger partial charge in [-0.05, 0) is 11.6 Å². The largest absolute Gasteiger partial charge is 0.504 e. The van der Waals surface area contributed by atoms with Gasteiger partial charge in [-0.25, -0.2) is 0 Å². The third-order valence-corrected chi connectivity index (χ3v) is 3.26. The fraction of sp³-hybridized carbons (Fsp3) is 0.176. The molecule has 2 aromatic carbocycles. The molecule has 1 atom stereocenters. The van der Waals surface area contributed by atoms with E-state index in [-0.39, 0.29) is 11.7 Å². The van der Waals surface area contributed by atoms with E-state index in [1.807, 2.05) is 36.4 Å². The summed E-state index contributed by atoms with van der Waals surface area (Å²) in [4.78, 5) is 0. The number of rotatable bonds is 5. The maximum absolute atomic E-state index is 9.99. The molecule has 1 unspecified atom stereocenters. The summed E-state index contributed by atoms with van der Waals surface area (Å²) in [6, 6.07) is 13.3. The maximum atomic E-state index is 9.99. The van der Waals surface area contributed by atoms with E-state index in [2.05, 4.69) is 6.58 Å². The predicted molar refractivity (Wildman–Crippen MR) is 79.7 cm³/mol. The fourth-order valence-electron chi connectivity index (χ4n) is 2.25. The summed E-state index contributed by atoms with van der Waals surface area (Å²) in [5.41, 5.74) is 1.94. The molecule has 1 N–H and O–H groups in total. The Kier molecular flexibility index (Phi) is 4.31. The Labute approximate surface area is 119 Å². The Morgan fingerprint density at radius 1 is 1.05 bits per heavy atom. The molecule has 0 aliphatic carbocycles. The number of aromatic hydroxyl groups is 1. The zero-order valence-electron chi connectivity index (χ0n) is 11.7. The topological polar surface area (TPSA) is 38.7 Å². The summed E-state index contributed by atoms with van der Waals surface area (Å²) in [6.07, 6.45) is 1.83. The van der Waals surface area contributed by atoms with Crippen molar-refractivity contribution < 1.29 is 14.6 Å². The summed E-state index contributed by atoms with van der Waals surface area (Å²) in [6.45, 7) is 3.89. The van der Waals surface area contributed by atoms with Gasteiger partial charge < -0.3 is 14.6 Å². The van der Waals surface area contributed by atoms with Crippen molar-refractivity contribution in [3.05, 3.63) is 66.2 Å². The summed E-state index contributed by atoms with van der Waals surface area (Å²) in [5, 5.41) is 9.99. The van der Waals surface area contributed by atoms with Crippen LogP contribution in [-0.2, 0) is 0 Å². The van der Waals surface area contributed by atoms with Crippen LogP contribution < -0.4 is 9.47 Å². The van der Waals surface area contributed by atoms with Gasteiger partial charge in [0.25, 0.3) is 0 Å². The molecule has 0 spiro atoms. The number of benzene rings is 2. The molecular weight excluding hydrogens is 252 g/mol. The first-order valence-corrected chi connectivity index (χ1v) is 6.33. The Bertz CT molecular complexity index is 591. The lowest BCUT2D eigenvalue weighted by molar-refractivity contribution is 0.362. The second-order valence-corrected chi connectivity index (χ2v) is 4.39. The van der Waals surface area contributed by atoms with Crippen LogP contribution in [0.5, 0.6) is 17.2 Å². The standard InChI is InChI=1S/C17H18O3/c1-4-13(12-8-6-5-7-9-12)14-10-15(18)17(20-3)11-16(14)19-2/h4-11,13,18H,1H2,2-3H3. The molecule has 104 valence electrons. The lowest BCUT2D eigenvalue weighted by atomic mass is 9.90. The van der Waals surface area contributed by atoms with Crippen LogP contribution in [0.1, 0.15) is 17.0 Å². The number of phenols is 1. The van der Waals surface area contributed by atoms with Crippen molar-refractivity contribution in [3.8, 4) is 17.2 Å². The van der Waals surface area contributed by atoms with Gasteiger partial charge in [0.15, 0.2) is 11.5 Å². The van der Waals surface area contributed by atoms with E-state index in [0.29, 0.717) is 11.5 Å². The lowest BCUT2D eigenvalue weighted by Gasteiger charge is -2.18. The zero-order valence-corrected chi connectivity index (χ0v) is 11.7. The predicted octanol–water partition coefficient (Wildman–Crippen LogP) is 3.73. The highest BCUT2D eigenvalue weighted by molar-refractivity contribution is 5.54. The van der Waals surface area contributed by atoms with Crippen molar-refractivity contribution in [2.45, 2.75) is 5.92 Å². The molecule has 0 heterocycles. The van der Waals surface area contributed by atoms with Gasteiger partial charge in [-0.1, -0.05) is 36.4 Å². The molecule has 2 aromatic rings. The molecule has 3 heteroatoms. The van der Waals surface area contributed by atoms with Crippen LogP contribution in [-0.4, -0.2) is 19.3 Å². The number of hydrogen-bond acceptors (Lipinski definition) is 3. The third kappa shape index (κ3) is 2.62. The molecule has 3 nitrogen and oxygen atoms in total. The van der Waals surface area contributed by atoms with Crippen LogP contribution in [0.2, 0.25) is 0 Å². The summed E-state index contributed by atoms with van der Waals surface area (Å²) in [5.74, 6) is 1.09. The maximum Gasteiger partial charge on any atom is 0.164 e. The van der Waals surface area contributed by atoms with Crippen LogP contribution in [0.4, 0.5) is 0 Å². The first-order valence-electron chi connectivity index (χ1n) is 6.33. The molecular formula is C17H18O3. The summed E-state index contributed by atoms with van der Waals surface area (Å²) in [7, 11) is 3.11. The molecule has 0 aromatic heterocycles. The number of allylic oxidation sites excluding steroid dienone is 1. The van der Waals surface area contributed by atoms with E-state index in [4.69, 9.17) is 9.47 Å². The number of methoxy groups -OCH3 is 2. The van der Waals surface area contributed by atoms with Crippen LogP contribution in [0.25, 0.3) is 0 Å². The number of phenolic OH excluding ortho intramolecular Hbond substituents is 1. The second-order valence-electron chi connectivity index (χ2n) is 4.39. The van der Waals surface area contributed by atoms with Crippen LogP contribution in [0, 0.1) is 0 Å². The first-order chi connectivity index (χ1) is 9.71. The molecule has 0 bridgehead atoms. The highest BCUT2D eigenvalue weighted by atomic mass is 16.5. The smallest absolute Gasteiger partial charge is 0.164 e. The monoisotopic (exact) mass is 270 g/mol. The van der Waals surface area contributed by atoms with E-state index >= 15 is 0 Å². The highest BCUT2D eigenvalue weighted by Crippen LogP contribution is 2.40. The molecule has 0 saturated carbocycles. The Morgan fingerprint density at radius 3 is 2.25 bits per heavy atom. The molecule has 0 amide bonds. The zero-order chi connectivity index (χ0) is 14.5. The Hall–Kier alpha value is -2.42. The normalized spacial score (nSPS) is 11.7. The Balaban J connectivity index is 2.55. The molecule has 2 rings (SSSR count).